The van der Waals surface area contributed by atoms with Gasteiger partial charge in [0.15, 0.2) is 0 Å². The van der Waals surface area contributed by atoms with E-state index in [1.54, 1.807) is 16.8 Å². The van der Waals surface area contributed by atoms with Crippen molar-refractivity contribution < 1.29 is 5.11 Å². The lowest BCUT2D eigenvalue weighted by atomic mass is 10.1. The first kappa shape index (κ1) is 9.93. The number of aliphatic hydroxyl groups is 1. The van der Waals surface area contributed by atoms with Crippen LogP contribution in [0.4, 0.5) is 0 Å². The third-order valence-corrected chi connectivity index (χ3v) is 2.58. The standard InChI is InChI=1S/C12H13NO2/c1-9(8-14)13-7-6-10-4-2-3-5-11(10)12(13)15/h2-7,9,14H,8H2,1H3/t9-/m1/s1. The Bertz CT molecular complexity index is 530. The van der Waals surface area contributed by atoms with Crippen LogP contribution in [0.15, 0.2) is 41.3 Å². The van der Waals surface area contributed by atoms with Crippen molar-refractivity contribution in [3.8, 4) is 0 Å². The second-order valence-corrected chi connectivity index (χ2v) is 3.65. The largest absolute Gasteiger partial charge is 0.394 e. The van der Waals surface area contributed by atoms with E-state index >= 15 is 0 Å². The van der Waals surface area contributed by atoms with Gasteiger partial charge < -0.3 is 9.67 Å². The highest BCUT2D eigenvalue weighted by atomic mass is 16.3. The fraction of sp³-hybridized carbons (Fsp3) is 0.250. The van der Waals surface area contributed by atoms with E-state index in [1.165, 1.54) is 0 Å². The molecule has 0 unspecified atom stereocenters. The summed E-state index contributed by atoms with van der Waals surface area (Å²) in [5, 5.41) is 10.7. The molecule has 0 spiro atoms. The van der Waals surface area contributed by atoms with Crippen molar-refractivity contribution in [2.75, 3.05) is 6.61 Å². The molecule has 0 bridgehead atoms. The first-order valence-electron chi connectivity index (χ1n) is 4.95. The number of benzene rings is 1. The van der Waals surface area contributed by atoms with Crippen LogP contribution < -0.4 is 5.56 Å². The lowest BCUT2D eigenvalue weighted by molar-refractivity contribution is 0.236. The fourth-order valence-corrected chi connectivity index (χ4v) is 1.64. The summed E-state index contributed by atoms with van der Waals surface area (Å²) in [7, 11) is 0. The molecule has 1 aromatic heterocycles. The Morgan fingerprint density at radius 3 is 2.80 bits per heavy atom. The van der Waals surface area contributed by atoms with Crippen molar-refractivity contribution in [3.63, 3.8) is 0 Å². The van der Waals surface area contributed by atoms with Gasteiger partial charge in [0.1, 0.15) is 0 Å². The van der Waals surface area contributed by atoms with Gasteiger partial charge in [0.25, 0.3) is 5.56 Å². The fourth-order valence-electron chi connectivity index (χ4n) is 1.64. The molecule has 1 heterocycles. The van der Waals surface area contributed by atoms with E-state index in [-0.39, 0.29) is 18.2 Å². The van der Waals surface area contributed by atoms with Crippen molar-refractivity contribution in [1.29, 1.82) is 0 Å². The number of hydrogen-bond acceptors (Lipinski definition) is 2. The molecule has 0 aliphatic heterocycles. The van der Waals surface area contributed by atoms with Crippen molar-refractivity contribution in [3.05, 3.63) is 46.9 Å². The minimum absolute atomic E-state index is 0.0295. The number of pyridine rings is 1. The Morgan fingerprint density at radius 2 is 2.07 bits per heavy atom. The Morgan fingerprint density at radius 1 is 1.33 bits per heavy atom. The molecule has 0 radical (unpaired) electrons. The van der Waals surface area contributed by atoms with Gasteiger partial charge in [-0.3, -0.25) is 4.79 Å². The number of rotatable bonds is 2. The van der Waals surface area contributed by atoms with Gasteiger partial charge in [-0.05, 0) is 24.4 Å². The Balaban J connectivity index is 2.71. The van der Waals surface area contributed by atoms with Gasteiger partial charge in [0.05, 0.1) is 12.6 Å². The Labute approximate surface area is 87.6 Å². The summed E-state index contributed by atoms with van der Waals surface area (Å²) in [6, 6.07) is 9.17. The molecule has 1 atom stereocenters. The molecule has 3 heteroatoms. The molecule has 0 saturated carbocycles. The molecule has 2 rings (SSSR count). The van der Waals surface area contributed by atoms with Crippen LogP contribution in [0, 0.1) is 0 Å². The van der Waals surface area contributed by atoms with Crippen LogP contribution in [0.2, 0.25) is 0 Å². The van der Waals surface area contributed by atoms with Crippen LogP contribution in [0.25, 0.3) is 10.8 Å². The summed E-state index contributed by atoms with van der Waals surface area (Å²) in [4.78, 5) is 12.0. The second kappa shape index (κ2) is 3.87. The number of aliphatic hydroxyl groups excluding tert-OH is 1. The first-order chi connectivity index (χ1) is 7.24. The van der Waals surface area contributed by atoms with Crippen LogP contribution in [0.1, 0.15) is 13.0 Å². The highest BCUT2D eigenvalue weighted by molar-refractivity contribution is 5.81. The minimum Gasteiger partial charge on any atom is -0.394 e. The van der Waals surface area contributed by atoms with Gasteiger partial charge >= 0.3 is 0 Å². The van der Waals surface area contributed by atoms with Gasteiger partial charge in [-0.2, -0.15) is 0 Å². The van der Waals surface area contributed by atoms with Gasteiger partial charge in [-0.25, -0.2) is 0 Å². The Hall–Kier alpha value is -1.61. The highest BCUT2D eigenvalue weighted by Gasteiger charge is 2.06. The number of fused-ring (bicyclic) bond motifs is 1. The van der Waals surface area contributed by atoms with Crippen molar-refractivity contribution in [2.24, 2.45) is 0 Å². The summed E-state index contributed by atoms with van der Waals surface area (Å²) in [6.07, 6.45) is 1.73. The van der Waals surface area contributed by atoms with E-state index in [9.17, 15) is 4.79 Å². The molecule has 0 saturated heterocycles. The molecule has 15 heavy (non-hydrogen) atoms. The van der Waals surface area contributed by atoms with Crippen LogP contribution >= 0.6 is 0 Å². The summed E-state index contributed by atoms with van der Waals surface area (Å²) < 4.78 is 1.56. The van der Waals surface area contributed by atoms with Crippen LogP contribution in [-0.4, -0.2) is 16.3 Å². The van der Waals surface area contributed by atoms with Gasteiger partial charge in [0.2, 0.25) is 0 Å². The Kier molecular flexibility index (Phi) is 2.56. The van der Waals surface area contributed by atoms with Crippen LogP contribution in [0.3, 0.4) is 0 Å². The minimum atomic E-state index is -0.179. The van der Waals surface area contributed by atoms with Crippen molar-refractivity contribution in [2.45, 2.75) is 13.0 Å². The molecular formula is C12H13NO2. The predicted molar refractivity (Wildman–Crippen MR) is 60.0 cm³/mol. The van der Waals surface area contributed by atoms with E-state index in [2.05, 4.69) is 0 Å². The summed E-state index contributed by atoms with van der Waals surface area (Å²) in [6.45, 7) is 1.79. The van der Waals surface area contributed by atoms with E-state index in [4.69, 9.17) is 5.11 Å². The predicted octanol–water partition coefficient (Wildman–Crippen LogP) is 1.55. The molecule has 0 aliphatic rings. The molecular weight excluding hydrogens is 190 g/mol. The third-order valence-electron chi connectivity index (χ3n) is 2.58. The zero-order valence-corrected chi connectivity index (χ0v) is 8.55. The topological polar surface area (TPSA) is 42.2 Å². The van der Waals surface area contributed by atoms with Crippen molar-refractivity contribution >= 4 is 10.8 Å². The molecule has 3 nitrogen and oxygen atoms in total. The molecule has 2 aromatic rings. The molecule has 78 valence electrons. The third kappa shape index (κ3) is 1.66. The SMILES string of the molecule is C[C@H](CO)n1ccc2ccccc2c1=O. The van der Waals surface area contributed by atoms with Crippen LogP contribution in [0.5, 0.6) is 0 Å². The molecule has 0 fully saturated rings. The zero-order chi connectivity index (χ0) is 10.8. The lowest BCUT2D eigenvalue weighted by Gasteiger charge is -2.12. The van der Waals surface area contributed by atoms with E-state index in [0.717, 1.165) is 5.39 Å². The smallest absolute Gasteiger partial charge is 0.258 e. The number of hydrogen-bond donors (Lipinski definition) is 1. The first-order valence-corrected chi connectivity index (χ1v) is 4.95. The zero-order valence-electron chi connectivity index (χ0n) is 8.55. The normalized spacial score (nSPS) is 12.9. The number of nitrogens with zero attached hydrogens (tertiary/aromatic N) is 1. The van der Waals surface area contributed by atoms with E-state index in [0.29, 0.717) is 5.39 Å². The summed E-state index contributed by atoms with van der Waals surface area (Å²) in [5.74, 6) is 0. The molecule has 0 aliphatic carbocycles. The maximum absolute atomic E-state index is 12.0. The maximum atomic E-state index is 12.0. The molecule has 0 amide bonds. The highest BCUT2D eigenvalue weighted by Crippen LogP contribution is 2.10. The van der Waals surface area contributed by atoms with Crippen molar-refractivity contribution in [1.82, 2.24) is 4.57 Å². The van der Waals surface area contributed by atoms with Gasteiger partial charge in [-0.1, -0.05) is 18.2 Å². The summed E-state index contributed by atoms with van der Waals surface area (Å²) in [5.41, 5.74) is -0.0466. The molecule has 1 N–H and O–H groups in total. The average molecular weight is 203 g/mol. The molecule has 1 aromatic carbocycles. The lowest BCUT2D eigenvalue weighted by Crippen LogP contribution is -2.24. The number of aromatic nitrogens is 1. The summed E-state index contributed by atoms with van der Waals surface area (Å²) >= 11 is 0. The van der Waals surface area contributed by atoms with Gasteiger partial charge in [-0.15, -0.1) is 0 Å². The van der Waals surface area contributed by atoms with Gasteiger partial charge in [0, 0.05) is 11.6 Å². The quantitative estimate of drug-likeness (QED) is 0.804. The van der Waals surface area contributed by atoms with E-state index < -0.39 is 0 Å². The second-order valence-electron chi connectivity index (χ2n) is 3.65. The van der Waals surface area contributed by atoms with Crippen LogP contribution in [-0.2, 0) is 0 Å². The average Bonchev–Trinajstić information content (AvgIpc) is 2.29. The monoisotopic (exact) mass is 203 g/mol. The van der Waals surface area contributed by atoms with E-state index in [1.807, 2.05) is 31.2 Å². The maximum Gasteiger partial charge on any atom is 0.258 e.